The Balaban J connectivity index is 2.65. The fourth-order valence-corrected chi connectivity index (χ4v) is 4.00. The fraction of sp³-hybridized carbons (Fsp3) is 0.556. The number of hydrogen-bond acceptors (Lipinski definition) is 5. The summed E-state index contributed by atoms with van der Waals surface area (Å²) in [4.78, 5) is 25.6. The number of hydrogen-bond donors (Lipinski definition) is 2. The predicted molar refractivity (Wildman–Crippen MR) is 106 cm³/mol. The first-order valence-corrected chi connectivity index (χ1v) is 10.4. The number of carbonyl (C=O) groups is 2. The number of carbonyl (C=O) groups excluding carboxylic acids is 2. The van der Waals surface area contributed by atoms with Gasteiger partial charge in [0.15, 0.2) is 0 Å². The van der Waals surface area contributed by atoms with Crippen molar-refractivity contribution in [1.29, 1.82) is 0 Å². The summed E-state index contributed by atoms with van der Waals surface area (Å²) in [5.74, 6) is -0.430. The van der Waals surface area contributed by atoms with Crippen molar-refractivity contribution in [3.8, 4) is 0 Å². The number of anilines is 1. The number of amides is 2. The molecule has 152 valence electrons. The highest BCUT2D eigenvalue weighted by atomic mass is 32.2. The number of likely N-dealkylation sites (N-methyl/N-ethyl adjacent to an activating group) is 1. The lowest BCUT2D eigenvalue weighted by molar-refractivity contribution is -0.123. The molecule has 0 aliphatic rings. The van der Waals surface area contributed by atoms with E-state index in [4.69, 9.17) is 0 Å². The van der Waals surface area contributed by atoms with Gasteiger partial charge in [0.2, 0.25) is 21.8 Å². The third kappa shape index (κ3) is 7.28. The van der Waals surface area contributed by atoms with Crippen molar-refractivity contribution in [2.45, 2.75) is 38.6 Å². The zero-order chi connectivity index (χ0) is 20.6. The Morgan fingerprint density at radius 2 is 1.52 bits per heavy atom. The minimum atomic E-state index is -3.52. The molecule has 9 heteroatoms. The number of benzene rings is 1. The van der Waals surface area contributed by atoms with Gasteiger partial charge in [0.1, 0.15) is 0 Å². The number of rotatable bonds is 10. The summed E-state index contributed by atoms with van der Waals surface area (Å²) in [7, 11) is -1.84. The molecule has 1 rings (SSSR count). The summed E-state index contributed by atoms with van der Waals surface area (Å²) in [6.07, 6.45) is 0. The molecule has 0 saturated heterocycles. The largest absolute Gasteiger partial charge is 0.353 e. The molecule has 1 aromatic rings. The van der Waals surface area contributed by atoms with Crippen LogP contribution in [0.15, 0.2) is 29.2 Å². The van der Waals surface area contributed by atoms with Crippen LogP contribution in [0.4, 0.5) is 5.69 Å². The van der Waals surface area contributed by atoms with Gasteiger partial charge in [0, 0.05) is 24.8 Å². The van der Waals surface area contributed by atoms with Gasteiger partial charge in [0.25, 0.3) is 0 Å². The summed E-state index contributed by atoms with van der Waals surface area (Å²) >= 11 is 0. The molecule has 2 N–H and O–H groups in total. The second-order valence-corrected chi connectivity index (χ2v) is 8.49. The molecule has 2 amide bonds. The van der Waals surface area contributed by atoms with Gasteiger partial charge in [-0.25, -0.2) is 8.42 Å². The third-order valence-corrected chi connectivity index (χ3v) is 5.82. The molecule has 8 nitrogen and oxygen atoms in total. The van der Waals surface area contributed by atoms with E-state index in [2.05, 4.69) is 10.6 Å². The first kappa shape index (κ1) is 23.1. The minimum Gasteiger partial charge on any atom is -0.353 e. The van der Waals surface area contributed by atoms with Crippen LogP contribution < -0.4 is 10.6 Å². The van der Waals surface area contributed by atoms with Gasteiger partial charge in [-0.15, -0.1) is 0 Å². The normalized spacial score (nSPS) is 11.9. The van der Waals surface area contributed by atoms with Crippen LogP contribution >= 0.6 is 0 Å². The van der Waals surface area contributed by atoms with Gasteiger partial charge in [0.05, 0.1) is 18.0 Å². The maximum absolute atomic E-state index is 12.4. The van der Waals surface area contributed by atoms with Crippen LogP contribution in [0.3, 0.4) is 0 Å². The SMILES string of the molecule is CCN(CC)S(=O)(=O)c1ccc(NC(=O)CN(C)CC(=O)NC(C)C)cc1. The van der Waals surface area contributed by atoms with Crippen molar-refractivity contribution in [2.75, 3.05) is 38.5 Å². The zero-order valence-electron chi connectivity index (χ0n) is 16.7. The highest BCUT2D eigenvalue weighted by Crippen LogP contribution is 2.18. The van der Waals surface area contributed by atoms with Gasteiger partial charge >= 0.3 is 0 Å². The monoisotopic (exact) mass is 398 g/mol. The van der Waals surface area contributed by atoms with E-state index < -0.39 is 10.0 Å². The van der Waals surface area contributed by atoms with E-state index in [0.29, 0.717) is 18.8 Å². The van der Waals surface area contributed by atoms with Crippen LogP contribution in [0.2, 0.25) is 0 Å². The van der Waals surface area contributed by atoms with Gasteiger partial charge < -0.3 is 10.6 Å². The predicted octanol–water partition coefficient (Wildman–Crippen LogP) is 1.11. The van der Waals surface area contributed by atoms with Crippen molar-refractivity contribution in [2.24, 2.45) is 0 Å². The maximum atomic E-state index is 12.4. The van der Waals surface area contributed by atoms with Crippen molar-refractivity contribution < 1.29 is 18.0 Å². The molecule has 0 heterocycles. The highest BCUT2D eigenvalue weighted by molar-refractivity contribution is 7.89. The molecular weight excluding hydrogens is 368 g/mol. The summed E-state index contributed by atoms with van der Waals surface area (Å²) in [5, 5.41) is 5.46. The van der Waals surface area contributed by atoms with Crippen molar-refractivity contribution in [3.05, 3.63) is 24.3 Å². The Morgan fingerprint density at radius 3 is 2.00 bits per heavy atom. The Bertz CT molecular complexity index is 728. The molecule has 0 fully saturated rings. The first-order valence-electron chi connectivity index (χ1n) is 8.98. The molecule has 0 bridgehead atoms. The van der Waals surface area contributed by atoms with Crippen molar-refractivity contribution in [3.63, 3.8) is 0 Å². The molecule has 27 heavy (non-hydrogen) atoms. The van der Waals surface area contributed by atoms with Gasteiger partial charge in [-0.2, -0.15) is 4.31 Å². The van der Waals surface area contributed by atoms with Gasteiger partial charge in [-0.05, 0) is 45.2 Å². The zero-order valence-corrected chi connectivity index (χ0v) is 17.5. The van der Waals surface area contributed by atoms with E-state index >= 15 is 0 Å². The molecule has 0 aromatic heterocycles. The van der Waals surface area contributed by atoms with Crippen molar-refractivity contribution in [1.82, 2.24) is 14.5 Å². The average Bonchev–Trinajstić information content (AvgIpc) is 2.54. The van der Waals surface area contributed by atoms with Crippen LogP contribution in [0.5, 0.6) is 0 Å². The summed E-state index contributed by atoms with van der Waals surface area (Å²) in [5.41, 5.74) is 0.499. The van der Waals surface area contributed by atoms with E-state index in [1.54, 1.807) is 37.9 Å². The van der Waals surface area contributed by atoms with Gasteiger partial charge in [-0.3, -0.25) is 14.5 Å². The van der Waals surface area contributed by atoms with Crippen LogP contribution in [0.25, 0.3) is 0 Å². The quantitative estimate of drug-likeness (QED) is 0.615. The van der Waals surface area contributed by atoms with Crippen LogP contribution in [0, 0.1) is 0 Å². The molecule has 0 aliphatic heterocycles. The second kappa shape index (κ2) is 10.4. The lowest BCUT2D eigenvalue weighted by Crippen LogP contribution is -2.41. The molecular formula is C18H30N4O4S. The van der Waals surface area contributed by atoms with E-state index in [1.807, 2.05) is 13.8 Å². The van der Waals surface area contributed by atoms with E-state index in [-0.39, 0.29) is 35.8 Å². The molecule has 0 radical (unpaired) electrons. The lowest BCUT2D eigenvalue weighted by Gasteiger charge is -2.19. The van der Waals surface area contributed by atoms with Gasteiger partial charge in [-0.1, -0.05) is 13.8 Å². The Hall–Kier alpha value is -1.97. The first-order chi connectivity index (χ1) is 12.6. The molecule has 0 unspecified atom stereocenters. The van der Waals surface area contributed by atoms with Crippen LogP contribution in [-0.2, 0) is 19.6 Å². The summed E-state index contributed by atoms with van der Waals surface area (Å²) in [6, 6.07) is 6.11. The average molecular weight is 399 g/mol. The smallest absolute Gasteiger partial charge is 0.243 e. The van der Waals surface area contributed by atoms with Crippen molar-refractivity contribution >= 4 is 27.5 Å². The van der Waals surface area contributed by atoms with E-state index in [0.717, 1.165) is 0 Å². The highest BCUT2D eigenvalue weighted by Gasteiger charge is 2.21. The lowest BCUT2D eigenvalue weighted by atomic mass is 10.3. The number of sulfonamides is 1. The summed E-state index contributed by atoms with van der Waals surface area (Å²) < 4.78 is 26.3. The summed E-state index contributed by atoms with van der Waals surface area (Å²) in [6.45, 7) is 8.27. The Kier molecular flexibility index (Phi) is 8.87. The minimum absolute atomic E-state index is 0.0466. The maximum Gasteiger partial charge on any atom is 0.243 e. The fourth-order valence-electron chi connectivity index (χ4n) is 2.54. The van der Waals surface area contributed by atoms with E-state index in [1.165, 1.54) is 16.4 Å². The number of nitrogens with zero attached hydrogens (tertiary/aromatic N) is 2. The second-order valence-electron chi connectivity index (χ2n) is 6.56. The topological polar surface area (TPSA) is 98.8 Å². The number of nitrogens with one attached hydrogen (secondary N) is 2. The molecule has 0 saturated carbocycles. The molecule has 0 aliphatic carbocycles. The molecule has 1 aromatic carbocycles. The van der Waals surface area contributed by atoms with Crippen LogP contribution in [-0.4, -0.2) is 68.7 Å². The molecule has 0 atom stereocenters. The Labute approximate surface area is 162 Å². The third-order valence-electron chi connectivity index (χ3n) is 3.76. The van der Waals surface area contributed by atoms with E-state index in [9.17, 15) is 18.0 Å². The standard InChI is InChI=1S/C18H30N4O4S/c1-6-22(7-2)27(25,26)16-10-8-15(9-11-16)20-18(24)13-21(5)12-17(23)19-14(3)4/h8-11,14H,6-7,12-13H2,1-5H3,(H,19,23)(H,20,24). The van der Waals surface area contributed by atoms with Crippen LogP contribution in [0.1, 0.15) is 27.7 Å². The molecule has 0 spiro atoms. The Morgan fingerprint density at radius 1 is 1.00 bits per heavy atom.